The zero-order valence-corrected chi connectivity index (χ0v) is 11.4. The van der Waals surface area contributed by atoms with Crippen LogP contribution in [0.5, 0.6) is 0 Å². The summed E-state index contributed by atoms with van der Waals surface area (Å²) < 4.78 is 1.13. The van der Waals surface area contributed by atoms with Crippen LogP contribution in [0.1, 0.15) is 20.3 Å². The zero-order valence-electron chi connectivity index (χ0n) is 9.78. The van der Waals surface area contributed by atoms with Crippen LogP contribution in [0, 0.1) is 5.92 Å². The number of rotatable bonds is 2. The second-order valence-electron chi connectivity index (χ2n) is 4.92. The van der Waals surface area contributed by atoms with Crippen LogP contribution in [-0.4, -0.2) is 23.8 Å². The van der Waals surface area contributed by atoms with E-state index in [1.165, 1.54) is 5.69 Å². The van der Waals surface area contributed by atoms with Crippen LogP contribution in [0.3, 0.4) is 0 Å². The third-order valence-electron chi connectivity index (χ3n) is 3.76. The van der Waals surface area contributed by atoms with E-state index in [2.05, 4.69) is 52.9 Å². The maximum Gasteiger partial charge on any atom is 0.0515 e. The molecule has 3 heteroatoms. The molecular formula is C13H18BrNO. The van der Waals surface area contributed by atoms with Gasteiger partial charge in [0.2, 0.25) is 0 Å². The highest BCUT2D eigenvalue weighted by Gasteiger charge is 2.41. The van der Waals surface area contributed by atoms with Crippen LogP contribution in [0.25, 0.3) is 0 Å². The van der Waals surface area contributed by atoms with Crippen molar-refractivity contribution in [2.75, 3.05) is 18.1 Å². The molecule has 0 aliphatic carbocycles. The first-order chi connectivity index (χ1) is 7.57. The normalized spacial score (nSPS) is 23.8. The summed E-state index contributed by atoms with van der Waals surface area (Å²) in [5.74, 6) is 0.361. The molecule has 0 spiro atoms. The second kappa shape index (κ2) is 4.38. The smallest absolute Gasteiger partial charge is 0.0515 e. The third kappa shape index (κ3) is 1.87. The van der Waals surface area contributed by atoms with Crippen molar-refractivity contribution in [3.8, 4) is 0 Å². The molecule has 2 rings (SSSR count). The number of nitrogens with zero attached hydrogens (tertiary/aromatic N) is 1. The Labute approximate surface area is 105 Å². The van der Waals surface area contributed by atoms with Gasteiger partial charge in [-0.05, 0) is 48.3 Å². The molecule has 1 aliphatic rings. The van der Waals surface area contributed by atoms with Crippen LogP contribution < -0.4 is 4.90 Å². The van der Waals surface area contributed by atoms with Crippen molar-refractivity contribution >= 4 is 21.6 Å². The lowest BCUT2D eigenvalue weighted by Gasteiger charge is -2.37. The fourth-order valence-electron chi connectivity index (χ4n) is 2.56. The Kier molecular flexibility index (Phi) is 3.27. The van der Waals surface area contributed by atoms with Gasteiger partial charge >= 0.3 is 0 Å². The summed E-state index contributed by atoms with van der Waals surface area (Å²) in [4.78, 5) is 2.39. The van der Waals surface area contributed by atoms with E-state index < -0.39 is 0 Å². The summed E-state index contributed by atoms with van der Waals surface area (Å²) in [5, 5.41) is 9.40. The first kappa shape index (κ1) is 11.9. The van der Waals surface area contributed by atoms with Crippen molar-refractivity contribution in [1.29, 1.82) is 0 Å². The minimum absolute atomic E-state index is 0.0264. The zero-order chi connectivity index (χ0) is 11.8. The van der Waals surface area contributed by atoms with Crippen molar-refractivity contribution in [3.63, 3.8) is 0 Å². The molecule has 1 fully saturated rings. The summed E-state index contributed by atoms with van der Waals surface area (Å²) >= 11 is 3.60. The van der Waals surface area contributed by atoms with E-state index in [0.29, 0.717) is 5.92 Å². The van der Waals surface area contributed by atoms with Crippen molar-refractivity contribution in [1.82, 2.24) is 0 Å². The highest BCUT2D eigenvalue weighted by Crippen LogP contribution is 2.40. The number of para-hydroxylation sites is 1. The molecule has 1 aromatic rings. The van der Waals surface area contributed by atoms with E-state index in [4.69, 9.17) is 0 Å². The number of anilines is 1. The molecule has 0 saturated carbocycles. The highest BCUT2D eigenvalue weighted by atomic mass is 79.9. The van der Waals surface area contributed by atoms with E-state index >= 15 is 0 Å². The molecule has 1 aromatic carbocycles. The van der Waals surface area contributed by atoms with Crippen LogP contribution in [0.15, 0.2) is 28.7 Å². The standard InChI is InChI=1S/C13H18BrNO/c1-13(2)10(9-16)7-8-15(13)12-6-4-3-5-11(12)14/h3-6,10,16H,7-9H2,1-2H3. The molecule has 0 radical (unpaired) electrons. The van der Waals surface area contributed by atoms with Gasteiger partial charge in [-0.25, -0.2) is 0 Å². The summed E-state index contributed by atoms with van der Waals surface area (Å²) in [7, 11) is 0. The predicted octanol–water partition coefficient (Wildman–Crippen LogP) is 3.05. The summed E-state index contributed by atoms with van der Waals surface area (Å²) in [6, 6.07) is 8.28. The van der Waals surface area contributed by atoms with Gasteiger partial charge in [0, 0.05) is 29.1 Å². The molecule has 2 nitrogen and oxygen atoms in total. The van der Waals surface area contributed by atoms with Gasteiger partial charge < -0.3 is 10.0 Å². The van der Waals surface area contributed by atoms with Gasteiger partial charge in [-0.3, -0.25) is 0 Å². The molecular weight excluding hydrogens is 266 g/mol. The van der Waals surface area contributed by atoms with Crippen LogP contribution in [0.4, 0.5) is 5.69 Å². The summed E-state index contributed by atoms with van der Waals surface area (Å²) in [5.41, 5.74) is 1.25. The van der Waals surface area contributed by atoms with Crippen molar-refractivity contribution in [3.05, 3.63) is 28.7 Å². The number of benzene rings is 1. The Hall–Kier alpha value is -0.540. The van der Waals surface area contributed by atoms with E-state index in [1.807, 2.05) is 6.07 Å². The summed E-state index contributed by atoms with van der Waals surface area (Å²) in [6.07, 6.45) is 1.06. The third-order valence-corrected chi connectivity index (χ3v) is 4.43. The molecule has 0 bridgehead atoms. The molecule has 16 heavy (non-hydrogen) atoms. The Morgan fingerprint density at radius 2 is 2.12 bits per heavy atom. The number of hydrogen-bond acceptors (Lipinski definition) is 2. The van der Waals surface area contributed by atoms with Crippen LogP contribution >= 0.6 is 15.9 Å². The Bertz CT molecular complexity index is 378. The average Bonchev–Trinajstić information content (AvgIpc) is 2.54. The lowest BCUT2D eigenvalue weighted by atomic mass is 9.89. The predicted molar refractivity (Wildman–Crippen MR) is 70.8 cm³/mol. The largest absolute Gasteiger partial charge is 0.396 e. The maximum absolute atomic E-state index is 9.40. The van der Waals surface area contributed by atoms with Crippen LogP contribution in [-0.2, 0) is 0 Å². The van der Waals surface area contributed by atoms with Gasteiger partial charge in [0.1, 0.15) is 0 Å². The van der Waals surface area contributed by atoms with E-state index in [-0.39, 0.29) is 12.1 Å². The number of halogens is 1. The van der Waals surface area contributed by atoms with E-state index in [9.17, 15) is 5.11 Å². The maximum atomic E-state index is 9.40. The minimum atomic E-state index is 0.0264. The van der Waals surface area contributed by atoms with E-state index in [0.717, 1.165) is 17.4 Å². The molecule has 0 amide bonds. The molecule has 0 aromatic heterocycles. The fraction of sp³-hybridized carbons (Fsp3) is 0.538. The van der Waals surface area contributed by atoms with Gasteiger partial charge in [0.15, 0.2) is 0 Å². The lowest BCUT2D eigenvalue weighted by Crippen LogP contribution is -2.43. The monoisotopic (exact) mass is 283 g/mol. The molecule has 1 heterocycles. The molecule has 88 valence electrons. The second-order valence-corrected chi connectivity index (χ2v) is 5.78. The number of aliphatic hydroxyl groups excluding tert-OH is 1. The number of aliphatic hydroxyl groups is 1. The molecule has 1 N–H and O–H groups in total. The number of hydrogen-bond donors (Lipinski definition) is 1. The van der Waals surface area contributed by atoms with Crippen LogP contribution in [0.2, 0.25) is 0 Å². The quantitative estimate of drug-likeness (QED) is 0.902. The Morgan fingerprint density at radius 3 is 2.69 bits per heavy atom. The molecule has 1 saturated heterocycles. The van der Waals surface area contributed by atoms with Crippen molar-refractivity contribution in [2.45, 2.75) is 25.8 Å². The topological polar surface area (TPSA) is 23.5 Å². The van der Waals surface area contributed by atoms with Crippen molar-refractivity contribution < 1.29 is 5.11 Å². The lowest BCUT2D eigenvalue weighted by molar-refractivity contribution is 0.189. The SMILES string of the molecule is CC1(C)C(CO)CCN1c1ccccc1Br. The van der Waals surface area contributed by atoms with E-state index in [1.54, 1.807) is 0 Å². The Balaban J connectivity index is 2.33. The van der Waals surface area contributed by atoms with Gasteiger partial charge in [-0.2, -0.15) is 0 Å². The van der Waals surface area contributed by atoms with Gasteiger partial charge in [-0.15, -0.1) is 0 Å². The first-order valence-electron chi connectivity index (χ1n) is 5.70. The molecule has 1 aliphatic heterocycles. The average molecular weight is 284 g/mol. The molecule has 1 unspecified atom stereocenters. The Morgan fingerprint density at radius 1 is 1.44 bits per heavy atom. The first-order valence-corrected chi connectivity index (χ1v) is 6.49. The summed E-state index contributed by atoms with van der Waals surface area (Å²) in [6.45, 7) is 5.70. The highest BCUT2D eigenvalue weighted by molar-refractivity contribution is 9.10. The van der Waals surface area contributed by atoms with Crippen molar-refractivity contribution in [2.24, 2.45) is 5.92 Å². The fourth-order valence-corrected chi connectivity index (χ4v) is 3.06. The van der Waals surface area contributed by atoms with Gasteiger partial charge in [0.25, 0.3) is 0 Å². The molecule has 1 atom stereocenters. The van der Waals surface area contributed by atoms with Gasteiger partial charge in [0.05, 0.1) is 5.69 Å². The van der Waals surface area contributed by atoms with Gasteiger partial charge in [-0.1, -0.05) is 12.1 Å². The minimum Gasteiger partial charge on any atom is -0.396 e.